The fourth-order valence-electron chi connectivity index (χ4n) is 4.99. The molecule has 35 heavy (non-hydrogen) atoms. The quantitative estimate of drug-likeness (QED) is 0.353. The van der Waals surface area contributed by atoms with Crippen molar-refractivity contribution in [3.05, 3.63) is 64.2 Å². The second-order valence-electron chi connectivity index (χ2n) is 8.30. The van der Waals surface area contributed by atoms with Crippen LogP contribution in [0.4, 0.5) is 11.4 Å². The van der Waals surface area contributed by atoms with Crippen molar-refractivity contribution in [3.63, 3.8) is 0 Å². The van der Waals surface area contributed by atoms with Crippen molar-refractivity contribution in [2.45, 2.75) is 14.1 Å². The molecule has 1 heterocycles. The fourth-order valence-corrected chi connectivity index (χ4v) is 7.92. The highest BCUT2D eigenvalue weighted by Gasteiger charge is 2.87. The van der Waals surface area contributed by atoms with Gasteiger partial charge in [0.05, 0.1) is 40.3 Å². The lowest BCUT2D eigenvalue weighted by Gasteiger charge is -2.34. The van der Waals surface area contributed by atoms with Crippen LogP contribution in [-0.2, 0) is 9.59 Å². The molecule has 6 nitrogen and oxygen atoms in total. The molecular formula is C23H14Cl6N2O4. The third kappa shape index (κ3) is 3.01. The highest BCUT2D eigenvalue weighted by Crippen LogP contribution is 2.77. The van der Waals surface area contributed by atoms with E-state index in [1.54, 1.807) is 36.4 Å². The van der Waals surface area contributed by atoms with Gasteiger partial charge in [0, 0.05) is 11.8 Å². The number of fused-ring (bicyclic) bond motifs is 5. The molecule has 0 spiro atoms. The Morgan fingerprint density at radius 1 is 0.914 bits per heavy atom. The molecule has 3 aliphatic rings. The molecule has 0 unspecified atom stereocenters. The minimum absolute atomic E-state index is 0.0409. The lowest BCUT2D eigenvalue weighted by molar-refractivity contribution is -0.123. The number of halogens is 6. The van der Waals surface area contributed by atoms with E-state index in [0.29, 0.717) is 11.4 Å². The average Bonchev–Trinajstić information content (AvgIpc) is 3.22. The first-order valence-electron chi connectivity index (χ1n) is 10.2. The highest BCUT2D eigenvalue weighted by atomic mass is 35.5. The molecule has 12 heteroatoms. The minimum Gasteiger partial charge on any atom is -0.497 e. The molecule has 5 rings (SSSR count). The van der Waals surface area contributed by atoms with Gasteiger partial charge in [0.1, 0.15) is 15.5 Å². The number of carbonyl (C=O) groups is 3. The van der Waals surface area contributed by atoms with Crippen LogP contribution in [0.2, 0.25) is 0 Å². The van der Waals surface area contributed by atoms with Crippen LogP contribution < -0.4 is 15.0 Å². The highest BCUT2D eigenvalue weighted by molar-refractivity contribution is 6.67. The van der Waals surface area contributed by atoms with Crippen LogP contribution >= 0.6 is 69.6 Å². The van der Waals surface area contributed by atoms with Gasteiger partial charge in [-0.05, 0) is 24.3 Å². The lowest BCUT2D eigenvalue weighted by Crippen LogP contribution is -2.50. The normalized spacial score (nSPS) is 30.7. The van der Waals surface area contributed by atoms with Crippen molar-refractivity contribution < 1.29 is 19.1 Å². The summed E-state index contributed by atoms with van der Waals surface area (Å²) < 4.78 is 3.14. The Hall–Kier alpha value is -1.67. The molecule has 1 aliphatic heterocycles. The summed E-state index contributed by atoms with van der Waals surface area (Å²) in [7, 11) is 1.50. The van der Waals surface area contributed by atoms with Crippen LogP contribution in [0.1, 0.15) is 10.4 Å². The maximum atomic E-state index is 13.7. The number of nitrogens with zero attached hydrogens (tertiary/aromatic N) is 1. The summed E-state index contributed by atoms with van der Waals surface area (Å²) in [6.45, 7) is 0. The number of benzene rings is 2. The molecule has 182 valence electrons. The Morgan fingerprint density at radius 3 is 2.06 bits per heavy atom. The summed E-state index contributed by atoms with van der Waals surface area (Å²) in [5.74, 6) is -4.11. The molecule has 1 saturated heterocycles. The van der Waals surface area contributed by atoms with Gasteiger partial charge in [0.15, 0.2) is 4.33 Å². The van der Waals surface area contributed by atoms with Crippen LogP contribution in [0, 0.1) is 11.8 Å². The van der Waals surface area contributed by atoms with Gasteiger partial charge >= 0.3 is 0 Å². The summed E-state index contributed by atoms with van der Waals surface area (Å²) in [4.78, 5) is 37.5. The van der Waals surface area contributed by atoms with Gasteiger partial charge in [-0.2, -0.15) is 0 Å². The van der Waals surface area contributed by atoms with Crippen LogP contribution in [0.25, 0.3) is 0 Å². The lowest BCUT2D eigenvalue weighted by atomic mass is 9.84. The van der Waals surface area contributed by atoms with Crippen molar-refractivity contribution in [1.29, 1.82) is 0 Å². The molecule has 4 atom stereocenters. The third-order valence-corrected chi connectivity index (χ3v) is 10.9. The number of alkyl halides is 4. The first-order valence-corrected chi connectivity index (χ1v) is 12.4. The molecule has 2 fully saturated rings. The van der Waals surface area contributed by atoms with E-state index in [2.05, 4.69) is 5.32 Å². The predicted molar refractivity (Wildman–Crippen MR) is 137 cm³/mol. The van der Waals surface area contributed by atoms with E-state index in [9.17, 15) is 14.4 Å². The summed E-state index contributed by atoms with van der Waals surface area (Å²) in [6.07, 6.45) is 0. The topological polar surface area (TPSA) is 75.7 Å². The molecule has 0 aromatic heterocycles. The number of anilines is 2. The Bertz CT molecular complexity index is 1300. The number of rotatable bonds is 4. The van der Waals surface area contributed by atoms with E-state index in [1.807, 2.05) is 0 Å². The van der Waals surface area contributed by atoms with Crippen LogP contribution in [-0.4, -0.2) is 38.9 Å². The van der Waals surface area contributed by atoms with Crippen molar-refractivity contribution in [2.24, 2.45) is 11.8 Å². The van der Waals surface area contributed by atoms with Gasteiger partial charge < -0.3 is 10.1 Å². The smallest absolute Gasteiger partial charge is 0.257 e. The molecule has 2 aromatic rings. The Labute approximate surface area is 230 Å². The summed E-state index contributed by atoms with van der Waals surface area (Å²) in [5.41, 5.74) is 0.554. The largest absolute Gasteiger partial charge is 0.497 e. The predicted octanol–water partition coefficient (Wildman–Crippen LogP) is 5.90. The molecule has 2 bridgehead atoms. The molecule has 0 radical (unpaired) electrons. The van der Waals surface area contributed by atoms with Crippen molar-refractivity contribution in [1.82, 2.24) is 0 Å². The minimum atomic E-state index is -2.03. The second-order valence-corrected chi connectivity index (χ2v) is 11.6. The number of nitrogens with one attached hydrogen (secondary N) is 1. The van der Waals surface area contributed by atoms with Gasteiger partial charge in [0.2, 0.25) is 11.8 Å². The maximum absolute atomic E-state index is 13.7. The number of imide groups is 1. The summed E-state index contributed by atoms with van der Waals surface area (Å²) >= 11 is 39.3. The number of allylic oxidation sites excluding steroid dienone is 2. The molecule has 2 aromatic carbocycles. The number of hydrogen-bond donors (Lipinski definition) is 1. The van der Waals surface area contributed by atoms with Crippen LogP contribution in [0.15, 0.2) is 58.6 Å². The fraction of sp³-hybridized carbons (Fsp3) is 0.261. The second kappa shape index (κ2) is 8.17. The van der Waals surface area contributed by atoms with E-state index in [0.717, 1.165) is 4.90 Å². The number of carbonyl (C=O) groups excluding carboxylic acids is 3. The maximum Gasteiger partial charge on any atom is 0.257 e. The van der Waals surface area contributed by atoms with Crippen molar-refractivity contribution >= 4 is 98.7 Å². The third-order valence-electron chi connectivity index (χ3n) is 6.63. The average molecular weight is 595 g/mol. The Balaban J connectivity index is 1.55. The van der Waals surface area contributed by atoms with E-state index in [1.165, 1.54) is 19.2 Å². The van der Waals surface area contributed by atoms with Crippen LogP contribution in [0.3, 0.4) is 0 Å². The molecular weight excluding hydrogens is 581 g/mol. The van der Waals surface area contributed by atoms with Crippen LogP contribution in [0.5, 0.6) is 5.75 Å². The monoisotopic (exact) mass is 592 g/mol. The number of ether oxygens (including phenoxy) is 1. The standard InChI is InChI=1S/C23H14Cl6N2O4/c1-35-11-6-4-5-10(9-11)30-18(32)12-7-2-3-8-13(12)31-19(33)14-15(20(31)34)22(27)17(25)16(24)21(14,26)23(22,28)29/h2-9,14-15H,1H3,(H,30,32)/t14-,15+,21-,22-/m1/s1. The molecule has 1 saturated carbocycles. The number of hydrogen-bond acceptors (Lipinski definition) is 4. The first-order chi connectivity index (χ1) is 16.4. The number of amides is 3. The number of para-hydroxylation sites is 1. The zero-order chi connectivity index (χ0) is 25.5. The van der Waals surface area contributed by atoms with Gasteiger partial charge in [-0.1, -0.05) is 64.6 Å². The van der Waals surface area contributed by atoms with E-state index >= 15 is 0 Å². The zero-order valence-electron chi connectivity index (χ0n) is 17.6. The van der Waals surface area contributed by atoms with Gasteiger partial charge in [-0.15, -0.1) is 23.2 Å². The Morgan fingerprint density at radius 2 is 1.49 bits per heavy atom. The van der Waals surface area contributed by atoms with Crippen molar-refractivity contribution in [2.75, 3.05) is 17.3 Å². The van der Waals surface area contributed by atoms with Gasteiger partial charge in [-0.25, -0.2) is 4.90 Å². The van der Waals surface area contributed by atoms with Gasteiger partial charge in [0.25, 0.3) is 5.91 Å². The molecule has 3 amide bonds. The van der Waals surface area contributed by atoms with Crippen molar-refractivity contribution in [3.8, 4) is 5.75 Å². The van der Waals surface area contributed by atoms with E-state index in [4.69, 9.17) is 74.3 Å². The number of methoxy groups -OCH3 is 1. The Kier molecular flexibility index (Phi) is 5.83. The zero-order valence-corrected chi connectivity index (χ0v) is 22.2. The summed E-state index contributed by atoms with van der Waals surface area (Å²) in [5, 5.41) is 2.36. The molecule has 1 N–H and O–H groups in total. The first kappa shape index (κ1) is 25.0. The molecule has 2 aliphatic carbocycles. The summed E-state index contributed by atoms with van der Waals surface area (Å²) in [6, 6.07) is 12.8. The van der Waals surface area contributed by atoms with E-state index < -0.39 is 43.6 Å². The van der Waals surface area contributed by atoms with Gasteiger partial charge in [-0.3, -0.25) is 14.4 Å². The van der Waals surface area contributed by atoms with E-state index in [-0.39, 0.29) is 21.3 Å². The SMILES string of the molecule is COc1cccc(NC(=O)c2ccccc2N2C(=O)[C@@H]3[C@H](C2=O)[C@@]2(Cl)C(Cl)=C(Cl)[C@@]3(Cl)C2(Cl)Cl)c1.